The Kier molecular flexibility index (Phi) is 6.97. The van der Waals surface area contributed by atoms with Gasteiger partial charge in [-0.2, -0.15) is 0 Å². The third kappa shape index (κ3) is 5.45. The van der Waals surface area contributed by atoms with E-state index in [1.807, 2.05) is 0 Å². The molecule has 0 saturated carbocycles. The Labute approximate surface area is 156 Å². The number of carbonyl (C=O) groups is 2. The molecule has 0 radical (unpaired) electrons. The lowest BCUT2D eigenvalue weighted by atomic mass is 10.1. The number of nitrogens with zero attached hydrogens (tertiary/aromatic N) is 1. The molecule has 0 fully saturated rings. The summed E-state index contributed by atoms with van der Waals surface area (Å²) in [5.74, 6) is 0.139. The minimum absolute atomic E-state index is 0.0265. The number of methoxy groups -OCH3 is 1. The summed E-state index contributed by atoms with van der Waals surface area (Å²) in [4.78, 5) is 27.3. The van der Waals surface area contributed by atoms with E-state index in [0.29, 0.717) is 34.6 Å². The summed E-state index contributed by atoms with van der Waals surface area (Å²) in [6.45, 7) is 4.84. The van der Waals surface area contributed by atoms with Crippen molar-refractivity contribution in [2.24, 2.45) is 5.92 Å². The summed E-state index contributed by atoms with van der Waals surface area (Å²) >= 11 is 1.18. The SMILES string of the molecule is COc1ccc(C(=O)NCc2nc(C(=O)O)cs2)c(OCCC(C)C)c1. The van der Waals surface area contributed by atoms with Crippen LogP contribution in [0.25, 0.3) is 0 Å². The summed E-state index contributed by atoms with van der Waals surface area (Å²) in [5, 5.41) is 13.6. The number of amides is 1. The molecule has 0 unspecified atom stereocenters. The van der Waals surface area contributed by atoms with E-state index in [1.165, 1.54) is 16.7 Å². The first kappa shape index (κ1) is 19.7. The number of carbonyl (C=O) groups excluding carboxylic acids is 1. The van der Waals surface area contributed by atoms with Crippen LogP contribution in [-0.4, -0.2) is 35.7 Å². The van der Waals surface area contributed by atoms with Gasteiger partial charge in [0.2, 0.25) is 0 Å². The van der Waals surface area contributed by atoms with Crippen molar-refractivity contribution < 1.29 is 24.2 Å². The number of carboxylic acid groups (broad SMARTS) is 1. The third-order valence-corrected chi connectivity index (χ3v) is 4.41. The Morgan fingerprint density at radius 1 is 1.35 bits per heavy atom. The summed E-state index contributed by atoms with van der Waals surface area (Å²) < 4.78 is 11.0. The maximum absolute atomic E-state index is 12.5. The zero-order valence-corrected chi connectivity index (χ0v) is 15.8. The van der Waals surface area contributed by atoms with E-state index < -0.39 is 5.97 Å². The van der Waals surface area contributed by atoms with Crippen LogP contribution in [0.3, 0.4) is 0 Å². The molecule has 2 rings (SSSR count). The van der Waals surface area contributed by atoms with E-state index in [0.717, 1.165) is 6.42 Å². The van der Waals surface area contributed by atoms with Gasteiger partial charge in [0.05, 0.1) is 25.8 Å². The lowest BCUT2D eigenvalue weighted by Gasteiger charge is -2.13. The quantitative estimate of drug-likeness (QED) is 0.695. The van der Waals surface area contributed by atoms with Gasteiger partial charge in [-0.3, -0.25) is 4.79 Å². The van der Waals surface area contributed by atoms with Crippen molar-refractivity contribution in [1.82, 2.24) is 10.3 Å². The van der Waals surface area contributed by atoms with Crippen LogP contribution in [-0.2, 0) is 6.54 Å². The van der Waals surface area contributed by atoms with Gasteiger partial charge in [0.15, 0.2) is 5.69 Å². The standard InChI is InChI=1S/C18H22N2O5S/c1-11(2)6-7-25-15-8-12(24-3)4-5-13(15)17(21)19-9-16-20-14(10-26-16)18(22)23/h4-5,8,10-11H,6-7,9H2,1-3H3,(H,19,21)(H,22,23). The lowest BCUT2D eigenvalue weighted by molar-refractivity contribution is 0.0691. The maximum atomic E-state index is 12.5. The molecule has 8 heteroatoms. The molecule has 0 aliphatic heterocycles. The van der Waals surface area contributed by atoms with E-state index in [1.54, 1.807) is 25.3 Å². The highest BCUT2D eigenvalue weighted by atomic mass is 32.1. The average molecular weight is 378 g/mol. The number of ether oxygens (including phenoxy) is 2. The molecule has 1 amide bonds. The highest BCUT2D eigenvalue weighted by molar-refractivity contribution is 7.09. The van der Waals surface area contributed by atoms with Gasteiger partial charge in [-0.25, -0.2) is 9.78 Å². The van der Waals surface area contributed by atoms with Gasteiger partial charge in [-0.05, 0) is 24.5 Å². The maximum Gasteiger partial charge on any atom is 0.355 e. The predicted octanol–water partition coefficient (Wildman–Crippen LogP) is 3.20. The highest BCUT2D eigenvalue weighted by Crippen LogP contribution is 2.25. The number of rotatable bonds is 9. The molecule has 0 atom stereocenters. The smallest absolute Gasteiger partial charge is 0.355 e. The van der Waals surface area contributed by atoms with E-state index in [2.05, 4.69) is 24.1 Å². The first-order valence-corrected chi connectivity index (χ1v) is 9.05. The monoisotopic (exact) mass is 378 g/mol. The molecule has 0 bridgehead atoms. The molecule has 0 spiro atoms. The minimum atomic E-state index is -1.09. The van der Waals surface area contributed by atoms with Crippen molar-refractivity contribution in [2.75, 3.05) is 13.7 Å². The molecule has 140 valence electrons. The van der Waals surface area contributed by atoms with Gasteiger partial charge in [0, 0.05) is 11.4 Å². The van der Waals surface area contributed by atoms with Gasteiger partial charge in [-0.15, -0.1) is 11.3 Å². The fourth-order valence-corrected chi connectivity index (χ4v) is 2.79. The molecular weight excluding hydrogens is 356 g/mol. The minimum Gasteiger partial charge on any atom is -0.497 e. The van der Waals surface area contributed by atoms with Gasteiger partial charge in [-0.1, -0.05) is 13.8 Å². The van der Waals surface area contributed by atoms with E-state index in [9.17, 15) is 9.59 Å². The number of aromatic nitrogens is 1. The van der Waals surface area contributed by atoms with Crippen molar-refractivity contribution in [1.29, 1.82) is 0 Å². The topological polar surface area (TPSA) is 97.8 Å². The first-order valence-electron chi connectivity index (χ1n) is 8.17. The molecule has 26 heavy (non-hydrogen) atoms. The molecule has 0 saturated heterocycles. The zero-order chi connectivity index (χ0) is 19.1. The largest absolute Gasteiger partial charge is 0.497 e. The Morgan fingerprint density at radius 3 is 2.73 bits per heavy atom. The summed E-state index contributed by atoms with van der Waals surface area (Å²) in [7, 11) is 1.55. The lowest BCUT2D eigenvalue weighted by Crippen LogP contribution is -2.23. The fraction of sp³-hybridized carbons (Fsp3) is 0.389. The first-order chi connectivity index (χ1) is 12.4. The molecule has 7 nitrogen and oxygen atoms in total. The Morgan fingerprint density at radius 2 is 2.12 bits per heavy atom. The second-order valence-corrected chi connectivity index (χ2v) is 6.95. The molecular formula is C18H22N2O5S. The van der Waals surface area contributed by atoms with Crippen LogP contribution in [0, 0.1) is 5.92 Å². The van der Waals surface area contributed by atoms with Crippen LogP contribution in [0.5, 0.6) is 11.5 Å². The van der Waals surface area contributed by atoms with Crippen molar-refractivity contribution in [3.63, 3.8) is 0 Å². The van der Waals surface area contributed by atoms with Gasteiger partial charge < -0.3 is 19.9 Å². The molecule has 0 aliphatic carbocycles. The third-order valence-electron chi connectivity index (χ3n) is 3.56. The number of benzene rings is 1. The van der Waals surface area contributed by atoms with Crippen molar-refractivity contribution >= 4 is 23.2 Å². The molecule has 0 aliphatic rings. The molecule has 1 aromatic heterocycles. The second kappa shape index (κ2) is 9.19. The molecule has 1 heterocycles. The summed E-state index contributed by atoms with van der Waals surface area (Å²) in [5.41, 5.74) is 0.367. The van der Waals surface area contributed by atoms with Gasteiger partial charge >= 0.3 is 5.97 Å². The fourth-order valence-electron chi connectivity index (χ4n) is 2.08. The van der Waals surface area contributed by atoms with Crippen LogP contribution >= 0.6 is 11.3 Å². The van der Waals surface area contributed by atoms with Crippen LogP contribution < -0.4 is 14.8 Å². The van der Waals surface area contributed by atoms with Crippen molar-refractivity contribution in [3.8, 4) is 11.5 Å². The number of aromatic carboxylic acids is 1. The number of thiazole rings is 1. The van der Waals surface area contributed by atoms with Crippen LogP contribution in [0.2, 0.25) is 0 Å². The van der Waals surface area contributed by atoms with Gasteiger partial charge in [0.25, 0.3) is 5.91 Å². The predicted molar refractivity (Wildman–Crippen MR) is 98.2 cm³/mol. The molecule has 1 aromatic carbocycles. The van der Waals surface area contributed by atoms with E-state index in [-0.39, 0.29) is 18.1 Å². The highest BCUT2D eigenvalue weighted by Gasteiger charge is 2.15. The Hall–Kier alpha value is -2.61. The number of hydrogen-bond donors (Lipinski definition) is 2. The molecule has 2 aromatic rings. The van der Waals surface area contributed by atoms with Crippen molar-refractivity contribution in [3.05, 3.63) is 39.8 Å². The molecule has 2 N–H and O–H groups in total. The number of hydrogen-bond acceptors (Lipinski definition) is 6. The van der Waals surface area contributed by atoms with E-state index >= 15 is 0 Å². The second-order valence-electron chi connectivity index (χ2n) is 6.01. The summed E-state index contributed by atoms with van der Waals surface area (Å²) in [6.07, 6.45) is 0.870. The van der Waals surface area contributed by atoms with Crippen LogP contribution in [0.1, 0.15) is 46.1 Å². The van der Waals surface area contributed by atoms with Crippen molar-refractivity contribution in [2.45, 2.75) is 26.8 Å². The normalized spacial score (nSPS) is 10.6. The zero-order valence-electron chi connectivity index (χ0n) is 14.9. The number of carboxylic acids is 1. The van der Waals surface area contributed by atoms with Crippen LogP contribution in [0.4, 0.5) is 0 Å². The van der Waals surface area contributed by atoms with Gasteiger partial charge in [0.1, 0.15) is 16.5 Å². The average Bonchev–Trinajstić information content (AvgIpc) is 3.08. The summed E-state index contributed by atoms with van der Waals surface area (Å²) in [6, 6.07) is 5.01. The Balaban J connectivity index is 2.06. The number of nitrogens with one attached hydrogen (secondary N) is 1. The Bertz CT molecular complexity index is 773. The van der Waals surface area contributed by atoms with Crippen LogP contribution in [0.15, 0.2) is 23.6 Å². The van der Waals surface area contributed by atoms with E-state index in [4.69, 9.17) is 14.6 Å².